The average Bonchev–Trinajstić information content (AvgIpc) is 3.45. The van der Waals surface area contributed by atoms with Gasteiger partial charge in [-0.05, 0) is 37.1 Å². The molecule has 144 valence electrons. The Balaban J connectivity index is 1.55. The van der Waals surface area contributed by atoms with Crippen molar-refractivity contribution in [1.29, 1.82) is 5.26 Å². The highest BCUT2D eigenvalue weighted by Crippen LogP contribution is 2.41. The summed E-state index contributed by atoms with van der Waals surface area (Å²) in [6, 6.07) is 7.35. The molecule has 0 bridgehead atoms. The van der Waals surface area contributed by atoms with E-state index in [1.54, 1.807) is 23.5 Å². The minimum absolute atomic E-state index is 0.0144. The van der Waals surface area contributed by atoms with Gasteiger partial charge in [0.1, 0.15) is 11.6 Å². The van der Waals surface area contributed by atoms with Crippen molar-refractivity contribution in [3.05, 3.63) is 44.9 Å². The zero-order chi connectivity index (χ0) is 19.5. The van der Waals surface area contributed by atoms with Crippen molar-refractivity contribution < 1.29 is 9.53 Å². The zero-order valence-electron chi connectivity index (χ0n) is 15.2. The van der Waals surface area contributed by atoms with Crippen LogP contribution in [-0.2, 0) is 9.53 Å². The number of nitrogens with one attached hydrogen (secondary N) is 1. The first-order valence-corrected chi connectivity index (χ1v) is 10.4. The number of ether oxygens (including phenoxy) is 1. The van der Waals surface area contributed by atoms with Crippen molar-refractivity contribution >= 4 is 46.3 Å². The Labute approximate surface area is 172 Å². The van der Waals surface area contributed by atoms with Gasteiger partial charge in [-0.2, -0.15) is 5.26 Å². The lowest BCUT2D eigenvalue weighted by Gasteiger charge is -2.30. The molecule has 4 rings (SSSR count). The number of amides is 1. The lowest BCUT2D eigenvalue weighted by molar-refractivity contribution is -0.112. The first-order valence-electron chi connectivity index (χ1n) is 9.15. The second-order valence-electron chi connectivity index (χ2n) is 6.77. The molecule has 1 aliphatic carbocycles. The first kappa shape index (κ1) is 18.9. The van der Waals surface area contributed by atoms with Gasteiger partial charge in [0.25, 0.3) is 5.91 Å². The summed E-state index contributed by atoms with van der Waals surface area (Å²) in [6.07, 6.45) is 3.87. The quantitative estimate of drug-likeness (QED) is 0.589. The summed E-state index contributed by atoms with van der Waals surface area (Å²) in [5, 5.41) is 15.8. The molecule has 8 heteroatoms. The molecule has 1 N–H and O–H groups in total. The molecule has 1 aromatic heterocycles. The summed E-state index contributed by atoms with van der Waals surface area (Å²) in [4.78, 5) is 19.4. The average molecular weight is 415 g/mol. The number of benzene rings is 1. The van der Waals surface area contributed by atoms with Crippen molar-refractivity contribution in [3.63, 3.8) is 0 Å². The molecule has 1 aromatic carbocycles. The first-order chi connectivity index (χ1) is 13.6. The fourth-order valence-corrected chi connectivity index (χ4v) is 4.18. The number of carbonyl (C=O) groups is 1. The second kappa shape index (κ2) is 8.31. The molecule has 0 atom stereocenters. The van der Waals surface area contributed by atoms with Crippen LogP contribution in [0.4, 0.5) is 11.4 Å². The number of anilines is 2. The molecule has 2 fully saturated rings. The minimum Gasteiger partial charge on any atom is -0.378 e. The van der Waals surface area contributed by atoms with Gasteiger partial charge in [-0.3, -0.25) is 4.79 Å². The van der Waals surface area contributed by atoms with Gasteiger partial charge in [-0.25, -0.2) is 4.98 Å². The fraction of sp³-hybridized carbons (Fsp3) is 0.350. The lowest BCUT2D eigenvalue weighted by Crippen LogP contribution is -2.36. The van der Waals surface area contributed by atoms with Crippen LogP contribution >= 0.6 is 22.9 Å². The predicted octanol–water partition coefficient (Wildman–Crippen LogP) is 4.06. The molecule has 28 heavy (non-hydrogen) atoms. The lowest BCUT2D eigenvalue weighted by atomic mass is 10.2. The third-order valence-corrected chi connectivity index (χ3v) is 5.94. The van der Waals surface area contributed by atoms with Crippen LogP contribution in [0.5, 0.6) is 0 Å². The van der Waals surface area contributed by atoms with Gasteiger partial charge in [-0.1, -0.05) is 11.6 Å². The fourth-order valence-electron chi connectivity index (χ4n) is 3.06. The van der Waals surface area contributed by atoms with Crippen LogP contribution < -0.4 is 10.2 Å². The molecule has 0 unspecified atom stereocenters. The standard InChI is InChI=1S/C20H19ClN4O2S/c21-15-3-4-18(25-5-7-27-8-6-25)17(10-15)24-19(26)14(11-22)9-16-12-28-20(23-16)13-1-2-13/h3-4,9-10,12-13H,1-2,5-8H2,(H,24,26). The van der Waals surface area contributed by atoms with E-state index in [0.29, 0.717) is 35.5 Å². The molecule has 2 aliphatic rings. The predicted molar refractivity (Wildman–Crippen MR) is 111 cm³/mol. The molecule has 1 amide bonds. The summed E-state index contributed by atoms with van der Waals surface area (Å²) in [7, 11) is 0. The summed E-state index contributed by atoms with van der Waals surface area (Å²) < 4.78 is 5.40. The number of aromatic nitrogens is 1. The van der Waals surface area contributed by atoms with Gasteiger partial charge in [0.2, 0.25) is 0 Å². The maximum absolute atomic E-state index is 12.7. The normalized spacial score (nSPS) is 17.3. The Morgan fingerprint density at radius 1 is 1.39 bits per heavy atom. The monoisotopic (exact) mass is 414 g/mol. The molecule has 0 radical (unpaired) electrons. The molecule has 0 spiro atoms. The third-order valence-electron chi connectivity index (χ3n) is 4.68. The van der Waals surface area contributed by atoms with Crippen molar-refractivity contribution in [2.45, 2.75) is 18.8 Å². The highest BCUT2D eigenvalue weighted by atomic mass is 35.5. The highest BCUT2D eigenvalue weighted by molar-refractivity contribution is 7.09. The van der Waals surface area contributed by atoms with Gasteiger partial charge in [-0.15, -0.1) is 11.3 Å². The van der Waals surface area contributed by atoms with Crippen LogP contribution in [-0.4, -0.2) is 37.2 Å². The van der Waals surface area contributed by atoms with Crippen LogP contribution in [0.15, 0.2) is 29.2 Å². The summed E-state index contributed by atoms with van der Waals surface area (Å²) in [5.74, 6) is 0.0781. The molecule has 1 aliphatic heterocycles. The summed E-state index contributed by atoms with van der Waals surface area (Å²) in [5.41, 5.74) is 2.11. The van der Waals surface area contributed by atoms with E-state index in [4.69, 9.17) is 16.3 Å². The number of morpholine rings is 1. The number of halogens is 1. The summed E-state index contributed by atoms with van der Waals surface area (Å²) >= 11 is 7.72. The van der Waals surface area contributed by atoms with E-state index in [0.717, 1.165) is 23.8 Å². The third kappa shape index (κ3) is 4.36. The van der Waals surface area contributed by atoms with Crippen molar-refractivity contribution in [2.24, 2.45) is 0 Å². The van der Waals surface area contributed by atoms with Gasteiger partial charge in [0.15, 0.2) is 0 Å². The molecule has 1 saturated heterocycles. The van der Waals surface area contributed by atoms with E-state index in [9.17, 15) is 10.1 Å². The van der Waals surface area contributed by atoms with Crippen LogP contribution in [0.3, 0.4) is 0 Å². The number of thiazole rings is 1. The molecule has 6 nitrogen and oxygen atoms in total. The van der Waals surface area contributed by atoms with Crippen LogP contribution in [0.2, 0.25) is 5.02 Å². The number of nitrogens with zero attached hydrogens (tertiary/aromatic N) is 3. The smallest absolute Gasteiger partial charge is 0.266 e. The largest absolute Gasteiger partial charge is 0.378 e. The Hall–Kier alpha value is -2.40. The topological polar surface area (TPSA) is 78.2 Å². The van der Waals surface area contributed by atoms with Gasteiger partial charge in [0.05, 0.1) is 35.3 Å². The molecular weight excluding hydrogens is 396 g/mol. The van der Waals surface area contributed by atoms with Crippen molar-refractivity contribution in [2.75, 3.05) is 36.5 Å². The zero-order valence-corrected chi connectivity index (χ0v) is 16.7. The van der Waals surface area contributed by atoms with E-state index in [-0.39, 0.29) is 5.57 Å². The maximum atomic E-state index is 12.7. The maximum Gasteiger partial charge on any atom is 0.266 e. The van der Waals surface area contributed by atoms with Crippen LogP contribution in [0.1, 0.15) is 29.5 Å². The highest BCUT2D eigenvalue weighted by Gasteiger charge is 2.26. The van der Waals surface area contributed by atoms with E-state index in [1.807, 2.05) is 17.5 Å². The Morgan fingerprint density at radius 2 is 2.18 bits per heavy atom. The van der Waals surface area contributed by atoms with Crippen LogP contribution in [0.25, 0.3) is 6.08 Å². The number of hydrogen-bond acceptors (Lipinski definition) is 6. The molecular formula is C20H19ClN4O2S. The minimum atomic E-state index is -0.472. The van der Waals surface area contributed by atoms with E-state index in [2.05, 4.69) is 15.2 Å². The molecule has 2 aromatic rings. The van der Waals surface area contributed by atoms with Gasteiger partial charge in [0, 0.05) is 29.4 Å². The van der Waals surface area contributed by atoms with Crippen molar-refractivity contribution in [1.82, 2.24) is 4.98 Å². The SMILES string of the molecule is N#CC(=Cc1csc(C2CC2)n1)C(=O)Nc1cc(Cl)ccc1N1CCOCC1. The van der Waals surface area contributed by atoms with Gasteiger partial charge >= 0.3 is 0 Å². The second-order valence-corrected chi connectivity index (χ2v) is 8.10. The molecule has 2 heterocycles. The number of rotatable bonds is 5. The number of nitriles is 1. The Bertz CT molecular complexity index is 955. The Morgan fingerprint density at radius 3 is 2.89 bits per heavy atom. The summed E-state index contributed by atoms with van der Waals surface area (Å²) in [6.45, 7) is 2.72. The Kier molecular flexibility index (Phi) is 5.62. The molecule has 1 saturated carbocycles. The number of hydrogen-bond donors (Lipinski definition) is 1. The van der Waals surface area contributed by atoms with E-state index in [1.165, 1.54) is 18.9 Å². The van der Waals surface area contributed by atoms with Crippen molar-refractivity contribution in [3.8, 4) is 6.07 Å². The van der Waals surface area contributed by atoms with E-state index >= 15 is 0 Å². The number of carbonyl (C=O) groups excluding carboxylic acids is 1. The van der Waals surface area contributed by atoms with Crippen LogP contribution in [0, 0.1) is 11.3 Å². The van der Waals surface area contributed by atoms with E-state index < -0.39 is 5.91 Å². The van der Waals surface area contributed by atoms with Gasteiger partial charge < -0.3 is 15.0 Å².